The number of likely N-dealkylation sites (tertiary alicyclic amines) is 1. The molecule has 0 unspecified atom stereocenters. The topological polar surface area (TPSA) is 49.0 Å². The van der Waals surface area contributed by atoms with Crippen LogP contribution in [0.3, 0.4) is 0 Å². The number of piperidine rings is 1. The molecule has 0 spiro atoms. The molecule has 0 radical (unpaired) electrons. The van der Waals surface area contributed by atoms with E-state index in [9.17, 15) is 4.79 Å². The minimum Gasteiger partial charge on any atom is -0.334 e. The smallest absolute Gasteiger partial charge is 0.223 e. The Bertz CT molecular complexity index is 590. The number of thiophene rings is 1. The lowest BCUT2D eigenvalue weighted by atomic mass is 9.97. The van der Waals surface area contributed by atoms with Gasteiger partial charge in [-0.05, 0) is 49.6 Å². The minimum absolute atomic E-state index is 0.178. The molecule has 0 aliphatic carbocycles. The van der Waals surface area contributed by atoms with Gasteiger partial charge in [0.1, 0.15) is 0 Å². The molecule has 2 aromatic heterocycles. The molecule has 3 rings (SSSR count). The van der Waals surface area contributed by atoms with Crippen molar-refractivity contribution in [3.05, 3.63) is 39.8 Å². The molecule has 1 aliphatic heterocycles. The van der Waals surface area contributed by atoms with Crippen molar-refractivity contribution in [1.82, 2.24) is 15.1 Å². The fourth-order valence-electron chi connectivity index (χ4n) is 3.05. The van der Waals surface area contributed by atoms with Crippen LogP contribution in [-0.2, 0) is 11.2 Å². The number of aromatic nitrogens is 2. The molecule has 1 N–H and O–H groups in total. The molecule has 1 saturated heterocycles. The molecule has 3 heterocycles. The lowest BCUT2D eigenvalue weighted by Gasteiger charge is -2.35. The van der Waals surface area contributed by atoms with Crippen LogP contribution in [0.1, 0.15) is 47.9 Å². The van der Waals surface area contributed by atoms with Gasteiger partial charge in [0, 0.05) is 17.8 Å². The zero-order chi connectivity index (χ0) is 14.7. The number of hydrogen-bond donors (Lipinski definition) is 1. The van der Waals surface area contributed by atoms with Gasteiger partial charge in [0.25, 0.3) is 0 Å². The van der Waals surface area contributed by atoms with Crippen molar-refractivity contribution in [2.45, 2.75) is 45.1 Å². The zero-order valence-corrected chi connectivity index (χ0v) is 13.2. The first-order valence-electron chi connectivity index (χ1n) is 7.57. The Labute approximate surface area is 129 Å². The van der Waals surface area contributed by atoms with Crippen molar-refractivity contribution in [3.63, 3.8) is 0 Å². The highest BCUT2D eigenvalue weighted by atomic mass is 32.1. The Balaban J connectivity index is 1.69. The molecule has 21 heavy (non-hydrogen) atoms. The van der Waals surface area contributed by atoms with E-state index in [0.717, 1.165) is 37.1 Å². The summed E-state index contributed by atoms with van der Waals surface area (Å²) in [6.07, 6.45) is 6.62. The van der Waals surface area contributed by atoms with Gasteiger partial charge in [0.2, 0.25) is 5.91 Å². The first kappa shape index (κ1) is 14.3. The molecule has 5 heteroatoms. The number of rotatable bonds is 4. The van der Waals surface area contributed by atoms with Gasteiger partial charge in [-0.15, -0.1) is 11.3 Å². The molecule has 1 atom stereocenters. The van der Waals surface area contributed by atoms with E-state index < -0.39 is 0 Å². The van der Waals surface area contributed by atoms with Gasteiger partial charge in [-0.2, -0.15) is 5.10 Å². The maximum atomic E-state index is 12.6. The van der Waals surface area contributed by atoms with E-state index in [0.29, 0.717) is 6.42 Å². The Morgan fingerprint density at radius 2 is 2.43 bits per heavy atom. The van der Waals surface area contributed by atoms with E-state index in [-0.39, 0.29) is 11.9 Å². The molecule has 1 amide bonds. The van der Waals surface area contributed by atoms with E-state index in [1.807, 2.05) is 12.3 Å². The maximum Gasteiger partial charge on any atom is 0.223 e. The Kier molecular flexibility index (Phi) is 4.39. The van der Waals surface area contributed by atoms with Gasteiger partial charge in [0.15, 0.2) is 0 Å². The molecule has 0 saturated carbocycles. The summed E-state index contributed by atoms with van der Waals surface area (Å²) in [5.41, 5.74) is 2.26. The van der Waals surface area contributed by atoms with Crippen LogP contribution in [0, 0.1) is 6.92 Å². The molecule has 112 valence electrons. The summed E-state index contributed by atoms with van der Waals surface area (Å²) < 4.78 is 0. The van der Waals surface area contributed by atoms with Gasteiger partial charge >= 0.3 is 0 Å². The summed E-state index contributed by atoms with van der Waals surface area (Å²) in [6.45, 7) is 2.92. The van der Waals surface area contributed by atoms with Crippen molar-refractivity contribution in [3.8, 4) is 0 Å². The Hall–Kier alpha value is -1.62. The van der Waals surface area contributed by atoms with Crippen LogP contribution in [0.25, 0.3) is 0 Å². The quantitative estimate of drug-likeness (QED) is 0.940. The summed E-state index contributed by atoms with van der Waals surface area (Å²) in [4.78, 5) is 15.9. The van der Waals surface area contributed by atoms with Crippen molar-refractivity contribution >= 4 is 17.2 Å². The van der Waals surface area contributed by atoms with E-state index in [1.54, 1.807) is 11.3 Å². The lowest BCUT2D eigenvalue weighted by Crippen LogP contribution is -2.39. The highest BCUT2D eigenvalue weighted by Crippen LogP contribution is 2.32. The standard InChI is InChI=1S/C16H21N3OS/c1-12-11-17-18-16(12)14-6-2-3-9-19(14)15(20)8-7-13-5-4-10-21-13/h4-5,10-11,14H,2-3,6-9H2,1H3,(H,17,18)/t14-/m1/s1. The van der Waals surface area contributed by atoms with E-state index in [2.05, 4.69) is 33.5 Å². The van der Waals surface area contributed by atoms with Crippen LogP contribution in [0.4, 0.5) is 0 Å². The number of amides is 1. The largest absolute Gasteiger partial charge is 0.334 e. The summed E-state index contributed by atoms with van der Waals surface area (Å²) in [7, 11) is 0. The number of aryl methyl sites for hydroxylation is 2. The van der Waals surface area contributed by atoms with Crippen molar-refractivity contribution in [2.24, 2.45) is 0 Å². The van der Waals surface area contributed by atoms with Crippen LogP contribution < -0.4 is 0 Å². The number of H-pyrrole nitrogens is 1. The van der Waals surface area contributed by atoms with Crippen LogP contribution in [0.2, 0.25) is 0 Å². The normalized spacial score (nSPS) is 18.9. The first-order chi connectivity index (χ1) is 10.3. The SMILES string of the molecule is Cc1cn[nH]c1[C@H]1CCCCN1C(=O)CCc1cccs1. The second-order valence-corrected chi connectivity index (χ2v) is 6.68. The van der Waals surface area contributed by atoms with Crippen LogP contribution >= 0.6 is 11.3 Å². The number of aromatic amines is 1. The summed E-state index contributed by atoms with van der Waals surface area (Å²) in [6, 6.07) is 4.32. The third-order valence-electron chi connectivity index (χ3n) is 4.19. The molecule has 0 aromatic carbocycles. The highest BCUT2D eigenvalue weighted by Gasteiger charge is 2.29. The van der Waals surface area contributed by atoms with Crippen LogP contribution in [-0.4, -0.2) is 27.5 Å². The van der Waals surface area contributed by atoms with Gasteiger partial charge in [-0.1, -0.05) is 6.07 Å². The zero-order valence-electron chi connectivity index (χ0n) is 12.3. The first-order valence-corrected chi connectivity index (χ1v) is 8.45. The van der Waals surface area contributed by atoms with Gasteiger partial charge in [-0.25, -0.2) is 0 Å². The number of nitrogens with zero attached hydrogens (tertiary/aromatic N) is 2. The van der Waals surface area contributed by atoms with Crippen molar-refractivity contribution in [2.75, 3.05) is 6.54 Å². The van der Waals surface area contributed by atoms with Gasteiger partial charge < -0.3 is 4.90 Å². The highest BCUT2D eigenvalue weighted by molar-refractivity contribution is 7.09. The Morgan fingerprint density at radius 1 is 1.52 bits per heavy atom. The number of hydrogen-bond acceptors (Lipinski definition) is 3. The van der Waals surface area contributed by atoms with E-state index in [1.165, 1.54) is 11.3 Å². The maximum absolute atomic E-state index is 12.6. The molecule has 0 bridgehead atoms. The number of carbonyl (C=O) groups excluding carboxylic acids is 1. The summed E-state index contributed by atoms with van der Waals surface area (Å²) in [5.74, 6) is 0.266. The van der Waals surface area contributed by atoms with Gasteiger partial charge in [-0.3, -0.25) is 9.89 Å². The summed E-state index contributed by atoms with van der Waals surface area (Å²) in [5, 5.41) is 9.27. The van der Waals surface area contributed by atoms with Crippen molar-refractivity contribution < 1.29 is 4.79 Å². The fraction of sp³-hybridized carbons (Fsp3) is 0.500. The monoisotopic (exact) mass is 303 g/mol. The molecular weight excluding hydrogens is 282 g/mol. The average molecular weight is 303 g/mol. The molecule has 1 fully saturated rings. The van der Waals surface area contributed by atoms with Crippen LogP contribution in [0.5, 0.6) is 0 Å². The minimum atomic E-state index is 0.178. The number of nitrogens with one attached hydrogen (secondary N) is 1. The fourth-order valence-corrected chi connectivity index (χ4v) is 3.76. The number of carbonyl (C=O) groups is 1. The molecule has 1 aliphatic rings. The molecular formula is C16H21N3OS. The average Bonchev–Trinajstić information content (AvgIpc) is 3.16. The third kappa shape index (κ3) is 3.18. The Morgan fingerprint density at radius 3 is 3.14 bits per heavy atom. The predicted molar refractivity (Wildman–Crippen MR) is 84.3 cm³/mol. The lowest BCUT2D eigenvalue weighted by molar-refractivity contribution is -0.135. The van der Waals surface area contributed by atoms with Gasteiger partial charge in [0.05, 0.1) is 17.9 Å². The second-order valence-electron chi connectivity index (χ2n) is 5.64. The third-order valence-corrected chi connectivity index (χ3v) is 5.13. The predicted octanol–water partition coefficient (Wildman–Crippen LogP) is 3.47. The van der Waals surface area contributed by atoms with E-state index in [4.69, 9.17) is 0 Å². The summed E-state index contributed by atoms with van der Waals surface area (Å²) >= 11 is 1.73. The van der Waals surface area contributed by atoms with Crippen LogP contribution in [0.15, 0.2) is 23.7 Å². The van der Waals surface area contributed by atoms with Crippen molar-refractivity contribution in [1.29, 1.82) is 0 Å². The van der Waals surface area contributed by atoms with E-state index >= 15 is 0 Å². The molecule has 2 aromatic rings. The molecule has 4 nitrogen and oxygen atoms in total. The second kappa shape index (κ2) is 6.43.